The lowest BCUT2D eigenvalue weighted by molar-refractivity contribution is 0.0337. The SMILES string of the molecule is C[C@H](OC(=O)c1cccc(S(=O)(=O)Nc2ccccc2F)c1)c1ccccc1. The summed E-state index contributed by atoms with van der Waals surface area (Å²) >= 11 is 0. The first-order valence-corrected chi connectivity index (χ1v) is 9.98. The van der Waals surface area contributed by atoms with Crippen LogP contribution in [0.15, 0.2) is 83.8 Å². The van der Waals surface area contributed by atoms with Gasteiger partial charge in [-0.2, -0.15) is 0 Å². The van der Waals surface area contributed by atoms with Crippen LogP contribution in [0.1, 0.15) is 28.9 Å². The van der Waals surface area contributed by atoms with Gasteiger partial charge in [0.2, 0.25) is 0 Å². The number of esters is 1. The number of hydrogen-bond acceptors (Lipinski definition) is 4. The van der Waals surface area contributed by atoms with Gasteiger partial charge in [-0.15, -0.1) is 0 Å². The second kappa shape index (κ2) is 8.22. The molecular formula is C21H18FNO4S. The van der Waals surface area contributed by atoms with Crippen LogP contribution in [0.2, 0.25) is 0 Å². The highest BCUT2D eigenvalue weighted by Crippen LogP contribution is 2.22. The van der Waals surface area contributed by atoms with Crippen molar-refractivity contribution in [3.8, 4) is 0 Å². The zero-order valence-corrected chi connectivity index (χ0v) is 15.8. The number of para-hydroxylation sites is 1. The van der Waals surface area contributed by atoms with Crippen molar-refractivity contribution in [1.82, 2.24) is 0 Å². The van der Waals surface area contributed by atoms with E-state index in [1.807, 2.05) is 30.3 Å². The van der Waals surface area contributed by atoms with Gasteiger partial charge in [0, 0.05) is 0 Å². The van der Waals surface area contributed by atoms with Gasteiger partial charge in [-0.1, -0.05) is 48.5 Å². The van der Waals surface area contributed by atoms with E-state index in [-0.39, 0.29) is 16.1 Å². The smallest absolute Gasteiger partial charge is 0.338 e. The van der Waals surface area contributed by atoms with Gasteiger partial charge in [0.25, 0.3) is 10.0 Å². The van der Waals surface area contributed by atoms with Crippen LogP contribution in [0, 0.1) is 5.82 Å². The molecular weight excluding hydrogens is 381 g/mol. The molecule has 0 fully saturated rings. The molecule has 0 bridgehead atoms. The molecule has 5 nitrogen and oxygen atoms in total. The third kappa shape index (κ3) is 4.55. The highest BCUT2D eigenvalue weighted by molar-refractivity contribution is 7.92. The van der Waals surface area contributed by atoms with Crippen molar-refractivity contribution in [2.24, 2.45) is 0 Å². The third-order valence-corrected chi connectivity index (χ3v) is 5.41. The van der Waals surface area contributed by atoms with E-state index in [0.29, 0.717) is 0 Å². The minimum absolute atomic E-state index is 0.0826. The van der Waals surface area contributed by atoms with Crippen molar-refractivity contribution in [3.05, 3.63) is 95.8 Å². The fraction of sp³-hybridized carbons (Fsp3) is 0.0952. The summed E-state index contributed by atoms with van der Waals surface area (Å²) in [5.74, 6) is -1.35. The van der Waals surface area contributed by atoms with E-state index in [2.05, 4.69) is 4.72 Å². The number of sulfonamides is 1. The average Bonchev–Trinajstić information content (AvgIpc) is 2.70. The van der Waals surface area contributed by atoms with Gasteiger partial charge in [0.15, 0.2) is 0 Å². The van der Waals surface area contributed by atoms with E-state index in [1.54, 1.807) is 6.92 Å². The van der Waals surface area contributed by atoms with E-state index in [0.717, 1.165) is 11.6 Å². The summed E-state index contributed by atoms with van der Waals surface area (Å²) in [6, 6.07) is 20.0. The Kier molecular flexibility index (Phi) is 5.75. The summed E-state index contributed by atoms with van der Waals surface area (Å²) < 4.78 is 46.4. The quantitative estimate of drug-likeness (QED) is 0.618. The molecule has 0 aliphatic carbocycles. The zero-order chi connectivity index (χ0) is 20.1. The Morgan fingerprint density at radius 3 is 2.36 bits per heavy atom. The molecule has 1 N–H and O–H groups in total. The highest BCUT2D eigenvalue weighted by Gasteiger charge is 2.19. The topological polar surface area (TPSA) is 72.5 Å². The first-order valence-electron chi connectivity index (χ1n) is 8.50. The third-order valence-electron chi connectivity index (χ3n) is 4.05. The number of ether oxygens (including phenoxy) is 1. The summed E-state index contributed by atoms with van der Waals surface area (Å²) in [4.78, 5) is 12.3. The Balaban J connectivity index is 1.79. The molecule has 0 amide bonds. The van der Waals surface area contributed by atoms with Crippen molar-refractivity contribution in [3.63, 3.8) is 0 Å². The standard InChI is InChI=1S/C21H18FNO4S/c1-15(16-8-3-2-4-9-16)27-21(24)17-10-7-11-18(14-17)28(25,26)23-20-13-6-5-12-19(20)22/h2-15,23H,1H3/t15-/m0/s1. The molecule has 3 aromatic rings. The summed E-state index contributed by atoms with van der Waals surface area (Å²) in [5, 5.41) is 0. The number of hydrogen-bond donors (Lipinski definition) is 1. The molecule has 144 valence electrons. The lowest BCUT2D eigenvalue weighted by Gasteiger charge is -2.14. The van der Waals surface area contributed by atoms with Crippen LogP contribution in [0.3, 0.4) is 0 Å². The van der Waals surface area contributed by atoms with Crippen LogP contribution in [0.4, 0.5) is 10.1 Å². The first kappa shape index (κ1) is 19.6. The largest absolute Gasteiger partial charge is 0.454 e. The van der Waals surface area contributed by atoms with Crippen molar-refractivity contribution < 1.29 is 22.3 Å². The molecule has 0 radical (unpaired) electrons. The van der Waals surface area contributed by atoms with Crippen LogP contribution in [0.25, 0.3) is 0 Å². The molecule has 3 aromatic carbocycles. The van der Waals surface area contributed by atoms with Gasteiger partial charge in [-0.3, -0.25) is 4.72 Å². The van der Waals surface area contributed by atoms with Crippen molar-refractivity contribution in [2.75, 3.05) is 4.72 Å². The minimum atomic E-state index is -4.07. The second-order valence-corrected chi connectivity index (χ2v) is 7.75. The minimum Gasteiger partial charge on any atom is -0.454 e. The molecule has 0 aliphatic heterocycles. The molecule has 0 heterocycles. The Labute approximate surface area is 162 Å². The van der Waals surface area contributed by atoms with E-state index >= 15 is 0 Å². The van der Waals surface area contributed by atoms with Crippen LogP contribution in [-0.2, 0) is 14.8 Å². The number of nitrogens with one attached hydrogen (secondary N) is 1. The summed E-state index contributed by atoms with van der Waals surface area (Å²) in [5.41, 5.74) is 0.730. The maximum atomic E-state index is 13.7. The maximum Gasteiger partial charge on any atom is 0.338 e. The van der Waals surface area contributed by atoms with Crippen LogP contribution >= 0.6 is 0 Å². The molecule has 0 aliphatic rings. The van der Waals surface area contributed by atoms with Crippen LogP contribution in [0.5, 0.6) is 0 Å². The Morgan fingerprint density at radius 1 is 0.964 bits per heavy atom. The van der Waals surface area contributed by atoms with Gasteiger partial charge >= 0.3 is 5.97 Å². The molecule has 0 saturated heterocycles. The van der Waals surface area contributed by atoms with Crippen LogP contribution < -0.4 is 4.72 Å². The van der Waals surface area contributed by atoms with Crippen molar-refractivity contribution in [2.45, 2.75) is 17.9 Å². The summed E-state index contributed by atoms with van der Waals surface area (Å²) in [6.45, 7) is 1.73. The van der Waals surface area contributed by atoms with Gasteiger partial charge in [-0.25, -0.2) is 17.6 Å². The summed E-state index contributed by atoms with van der Waals surface area (Å²) in [7, 11) is -4.07. The zero-order valence-electron chi connectivity index (χ0n) is 15.0. The molecule has 0 saturated carbocycles. The van der Waals surface area contributed by atoms with Crippen molar-refractivity contribution >= 4 is 21.7 Å². The number of benzene rings is 3. The number of rotatable bonds is 6. The van der Waals surface area contributed by atoms with E-state index in [9.17, 15) is 17.6 Å². The lowest BCUT2D eigenvalue weighted by atomic mass is 10.1. The number of anilines is 1. The molecule has 28 heavy (non-hydrogen) atoms. The molecule has 7 heteroatoms. The van der Waals surface area contributed by atoms with E-state index < -0.39 is 27.9 Å². The first-order chi connectivity index (χ1) is 13.4. The number of carbonyl (C=O) groups is 1. The van der Waals surface area contributed by atoms with E-state index in [4.69, 9.17) is 4.74 Å². The summed E-state index contributed by atoms with van der Waals surface area (Å²) in [6.07, 6.45) is -0.495. The highest BCUT2D eigenvalue weighted by atomic mass is 32.2. The fourth-order valence-corrected chi connectivity index (χ4v) is 3.67. The molecule has 1 atom stereocenters. The number of carbonyl (C=O) groups excluding carboxylic acids is 1. The van der Waals surface area contributed by atoms with E-state index in [1.165, 1.54) is 42.5 Å². The fourth-order valence-electron chi connectivity index (χ4n) is 2.56. The lowest BCUT2D eigenvalue weighted by Crippen LogP contribution is -2.15. The molecule has 3 rings (SSSR count). The van der Waals surface area contributed by atoms with Gasteiger partial charge in [-0.05, 0) is 42.8 Å². The predicted molar refractivity (Wildman–Crippen MR) is 104 cm³/mol. The Morgan fingerprint density at radius 2 is 1.64 bits per heavy atom. The van der Waals surface area contributed by atoms with Gasteiger partial charge in [0.1, 0.15) is 11.9 Å². The Hall–Kier alpha value is -3.19. The van der Waals surface area contributed by atoms with Crippen molar-refractivity contribution in [1.29, 1.82) is 0 Å². The average molecular weight is 399 g/mol. The normalized spacial score (nSPS) is 12.2. The number of halogens is 1. The maximum absolute atomic E-state index is 13.7. The molecule has 0 aromatic heterocycles. The molecule has 0 spiro atoms. The van der Waals surface area contributed by atoms with Crippen LogP contribution in [-0.4, -0.2) is 14.4 Å². The predicted octanol–water partition coefficient (Wildman–Crippen LogP) is 4.54. The molecule has 0 unspecified atom stereocenters. The van der Waals surface area contributed by atoms with Gasteiger partial charge in [0.05, 0.1) is 16.1 Å². The second-order valence-electron chi connectivity index (χ2n) is 6.07. The Bertz CT molecular complexity index is 1080. The van der Waals surface area contributed by atoms with Gasteiger partial charge < -0.3 is 4.74 Å². The monoisotopic (exact) mass is 399 g/mol.